The van der Waals surface area contributed by atoms with Crippen LogP contribution in [-0.2, 0) is 9.53 Å². The monoisotopic (exact) mass is 362 g/mol. The van der Waals surface area contributed by atoms with Gasteiger partial charge < -0.3 is 4.74 Å². The van der Waals surface area contributed by atoms with Crippen LogP contribution in [0.1, 0.15) is 15.9 Å². The summed E-state index contributed by atoms with van der Waals surface area (Å²) in [5.41, 5.74) is 0.729. The molecule has 0 atom stereocenters. The third-order valence-electron chi connectivity index (χ3n) is 2.80. The highest BCUT2D eigenvalue weighted by Gasteiger charge is 2.12. The summed E-state index contributed by atoms with van der Waals surface area (Å²) in [5, 5.41) is 0. The number of halogens is 2. The summed E-state index contributed by atoms with van der Waals surface area (Å²) < 4.78 is 19.1. The lowest BCUT2D eigenvalue weighted by Gasteiger charge is -2.02. The molecule has 0 saturated carbocycles. The minimum Gasteiger partial charge on any atom is -0.454 e. The van der Waals surface area contributed by atoms with Gasteiger partial charge in [-0.1, -0.05) is 40.2 Å². The van der Waals surface area contributed by atoms with Gasteiger partial charge in [-0.3, -0.25) is 4.79 Å². The Morgan fingerprint density at radius 3 is 2.45 bits per heavy atom. The van der Waals surface area contributed by atoms with Gasteiger partial charge in [-0.2, -0.15) is 0 Å². The predicted octanol–water partition coefficient (Wildman–Crippen LogP) is 4.03. The summed E-state index contributed by atoms with van der Waals surface area (Å²) in [4.78, 5) is 23.3. The highest BCUT2D eigenvalue weighted by Crippen LogP contribution is 2.11. The highest BCUT2D eigenvalue weighted by molar-refractivity contribution is 9.10. The molecule has 22 heavy (non-hydrogen) atoms. The molecule has 0 aliphatic carbocycles. The molecule has 3 nitrogen and oxygen atoms in total. The van der Waals surface area contributed by atoms with Crippen LogP contribution in [-0.4, -0.2) is 18.4 Å². The predicted molar refractivity (Wildman–Crippen MR) is 84.9 cm³/mol. The number of hydrogen-bond donors (Lipinski definition) is 0. The summed E-state index contributed by atoms with van der Waals surface area (Å²) >= 11 is 3.31. The first-order valence-corrected chi connectivity index (χ1v) is 7.23. The second-order valence-electron chi connectivity index (χ2n) is 4.40. The topological polar surface area (TPSA) is 43.4 Å². The van der Waals surface area contributed by atoms with Gasteiger partial charge in [0.05, 0.1) is 5.56 Å². The SMILES string of the molecule is O=C(/C=C/c1ccc(Br)cc1)OCC(=O)c1ccccc1F. The molecule has 0 unspecified atom stereocenters. The molecule has 0 aliphatic rings. The molecule has 0 N–H and O–H groups in total. The van der Waals surface area contributed by atoms with E-state index in [-0.39, 0.29) is 5.56 Å². The van der Waals surface area contributed by atoms with Crippen molar-refractivity contribution in [1.29, 1.82) is 0 Å². The molecule has 0 aromatic heterocycles. The zero-order chi connectivity index (χ0) is 15.9. The Bertz CT molecular complexity index is 708. The van der Waals surface area contributed by atoms with Crippen molar-refractivity contribution in [2.24, 2.45) is 0 Å². The van der Waals surface area contributed by atoms with Gasteiger partial charge in [0.2, 0.25) is 5.78 Å². The van der Waals surface area contributed by atoms with Gasteiger partial charge in [0.25, 0.3) is 0 Å². The van der Waals surface area contributed by atoms with Crippen LogP contribution in [0.2, 0.25) is 0 Å². The molecule has 0 radical (unpaired) electrons. The first-order chi connectivity index (χ1) is 10.6. The van der Waals surface area contributed by atoms with Crippen molar-refractivity contribution in [2.75, 3.05) is 6.61 Å². The van der Waals surface area contributed by atoms with Crippen molar-refractivity contribution in [1.82, 2.24) is 0 Å². The maximum Gasteiger partial charge on any atom is 0.331 e. The standard InChI is InChI=1S/C17H12BrFO3/c18-13-8-5-12(6-9-13)7-10-17(21)22-11-16(20)14-3-1-2-4-15(14)19/h1-10H,11H2/b10-7+. The quantitative estimate of drug-likeness (QED) is 0.458. The minimum atomic E-state index is -0.660. The molecule has 0 saturated heterocycles. The van der Waals surface area contributed by atoms with Crippen LogP contribution >= 0.6 is 15.9 Å². The van der Waals surface area contributed by atoms with Crippen LogP contribution in [0, 0.1) is 5.82 Å². The summed E-state index contributed by atoms with van der Waals surface area (Å²) in [7, 11) is 0. The van der Waals surface area contributed by atoms with Gasteiger partial charge in [0, 0.05) is 10.5 Å². The fourth-order valence-corrected chi connectivity index (χ4v) is 1.95. The lowest BCUT2D eigenvalue weighted by atomic mass is 10.1. The zero-order valence-corrected chi connectivity index (χ0v) is 13.0. The smallest absolute Gasteiger partial charge is 0.331 e. The second-order valence-corrected chi connectivity index (χ2v) is 5.31. The maximum absolute atomic E-state index is 13.4. The molecule has 112 valence electrons. The normalized spacial score (nSPS) is 10.6. The van der Waals surface area contributed by atoms with Gasteiger partial charge in [-0.25, -0.2) is 9.18 Å². The van der Waals surface area contributed by atoms with E-state index in [9.17, 15) is 14.0 Å². The third-order valence-corrected chi connectivity index (χ3v) is 3.33. The van der Waals surface area contributed by atoms with E-state index in [4.69, 9.17) is 4.74 Å². The molecule has 0 aliphatic heterocycles. The Labute approximate surface area is 135 Å². The van der Waals surface area contributed by atoms with E-state index in [0.29, 0.717) is 0 Å². The average molecular weight is 363 g/mol. The van der Waals surface area contributed by atoms with Gasteiger partial charge in [-0.05, 0) is 35.9 Å². The van der Waals surface area contributed by atoms with Crippen molar-refractivity contribution >= 4 is 33.8 Å². The van der Waals surface area contributed by atoms with Crippen LogP contribution in [0.4, 0.5) is 4.39 Å². The summed E-state index contributed by atoms with van der Waals surface area (Å²) in [5.74, 6) is -1.87. The van der Waals surface area contributed by atoms with Crippen LogP contribution in [0.5, 0.6) is 0 Å². The lowest BCUT2D eigenvalue weighted by Crippen LogP contribution is -2.13. The number of esters is 1. The minimum absolute atomic E-state index is 0.0906. The van der Waals surface area contributed by atoms with E-state index in [1.807, 2.05) is 24.3 Å². The number of rotatable bonds is 5. The van der Waals surface area contributed by atoms with E-state index >= 15 is 0 Å². The molecule has 5 heteroatoms. The molecule has 2 aromatic rings. The Balaban J connectivity index is 1.89. The van der Waals surface area contributed by atoms with Crippen molar-refractivity contribution < 1.29 is 18.7 Å². The number of benzene rings is 2. The maximum atomic E-state index is 13.4. The fourth-order valence-electron chi connectivity index (χ4n) is 1.69. The number of Topliss-reactive ketones (excluding diaryl/α,β-unsaturated/α-hetero) is 1. The van der Waals surface area contributed by atoms with E-state index in [1.165, 1.54) is 24.3 Å². The molecule has 0 amide bonds. The van der Waals surface area contributed by atoms with E-state index in [2.05, 4.69) is 15.9 Å². The van der Waals surface area contributed by atoms with Crippen molar-refractivity contribution in [3.8, 4) is 0 Å². The third kappa shape index (κ3) is 4.63. The summed E-state index contributed by atoms with van der Waals surface area (Å²) in [6.45, 7) is -0.496. The van der Waals surface area contributed by atoms with Crippen LogP contribution in [0.15, 0.2) is 59.1 Å². The Morgan fingerprint density at radius 2 is 1.77 bits per heavy atom. The number of carbonyl (C=O) groups is 2. The van der Waals surface area contributed by atoms with Gasteiger partial charge in [-0.15, -0.1) is 0 Å². The Morgan fingerprint density at radius 1 is 1.09 bits per heavy atom. The van der Waals surface area contributed by atoms with Crippen molar-refractivity contribution in [3.05, 3.63) is 76.0 Å². The largest absolute Gasteiger partial charge is 0.454 e. The fraction of sp³-hybridized carbons (Fsp3) is 0.0588. The highest BCUT2D eigenvalue weighted by atomic mass is 79.9. The van der Waals surface area contributed by atoms with E-state index in [0.717, 1.165) is 10.0 Å². The number of ketones is 1. The van der Waals surface area contributed by atoms with Crippen LogP contribution in [0.3, 0.4) is 0 Å². The number of ether oxygens (including phenoxy) is 1. The number of carbonyl (C=O) groups excluding carboxylic acids is 2. The van der Waals surface area contributed by atoms with Gasteiger partial charge in [0.15, 0.2) is 6.61 Å². The van der Waals surface area contributed by atoms with E-state index in [1.54, 1.807) is 12.1 Å². The molecule has 0 heterocycles. The molecule has 2 aromatic carbocycles. The first-order valence-electron chi connectivity index (χ1n) is 6.44. The molecular weight excluding hydrogens is 351 g/mol. The Hall–Kier alpha value is -2.27. The lowest BCUT2D eigenvalue weighted by molar-refractivity contribution is -0.136. The second kappa shape index (κ2) is 7.66. The number of hydrogen-bond acceptors (Lipinski definition) is 3. The molecule has 0 spiro atoms. The van der Waals surface area contributed by atoms with Crippen LogP contribution in [0.25, 0.3) is 6.08 Å². The van der Waals surface area contributed by atoms with Gasteiger partial charge in [0.1, 0.15) is 5.82 Å². The Kier molecular flexibility index (Phi) is 5.61. The molecule has 2 rings (SSSR count). The molecular formula is C17H12BrFO3. The average Bonchev–Trinajstić information content (AvgIpc) is 2.52. The van der Waals surface area contributed by atoms with Gasteiger partial charge >= 0.3 is 5.97 Å². The molecule has 0 bridgehead atoms. The zero-order valence-electron chi connectivity index (χ0n) is 11.5. The van der Waals surface area contributed by atoms with Crippen molar-refractivity contribution in [3.63, 3.8) is 0 Å². The summed E-state index contributed by atoms with van der Waals surface area (Å²) in [6.07, 6.45) is 2.79. The van der Waals surface area contributed by atoms with Crippen molar-refractivity contribution in [2.45, 2.75) is 0 Å². The van der Waals surface area contributed by atoms with Crippen LogP contribution < -0.4 is 0 Å². The first kappa shape index (κ1) is 16.1. The molecule has 0 fully saturated rings. The summed E-state index contributed by atoms with van der Waals surface area (Å²) in [6, 6.07) is 12.9. The van der Waals surface area contributed by atoms with E-state index < -0.39 is 24.2 Å².